The highest BCUT2D eigenvalue weighted by molar-refractivity contribution is 5.65. The monoisotopic (exact) mass is 257 g/mol. The zero-order valence-corrected chi connectivity index (χ0v) is 12.1. The van der Waals surface area contributed by atoms with Gasteiger partial charge in [0.05, 0.1) is 5.69 Å². The Hall–Kier alpha value is -1.77. The van der Waals surface area contributed by atoms with Crippen molar-refractivity contribution in [2.75, 3.05) is 5.73 Å². The number of hydrogen-bond acceptors (Lipinski definition) is 2. The van der Waals surface area contributed by atoms with Crippen molar-refractivity contribution in [3.8, 4) is 11.3 Å². The van der Waals surface area contributed by atoms with Crippen LogP contribution in [0.5, 0.6) is 0 Å². The van der Waals surface area contributed by atoms with Crippen molar-refractivity contribution in [1.82, 2.24) is 9.55 Å². The maximum Gasteiger partial charge on any atom is 0.200 e. The van der Waals surface area contributed by atoms with E-state index in [9.17, 15) is 0 Å². The van der Waals surface area contributed by atoms with Crippen LogP contribution in [-0.2, 0) is 6.54 Å². The van der Waals surface area contributed by atoms with E-state index in [1.165, 1.54) is 29.5 Å². The van der Waals surface area contributed by atoms with Gasteiger partial charge in [-0.3, -0.25) is 0 Å². The average Bonchev–Trinajstić information content (AvgIpc) is 2.75. The quantitative estimate of drug-likeness (QED) is 0.824. The van der Waals surface area contributed by atoms with E-state index in [4.69, 9.17) is 5.73 Å². The molecule has 2 rings (SSSR count). The Balaban J connectivity index is 2.26. The van der Waals surface area contributed by atoms with E-state index in [1.54, 1.807) is 0 Å². The van der Waals surface area contributed by atoms with E-state index in [0.717, 1.165) is 18.7 Å². The van der Waals surface area contributed by atoms with Crippen LogP contribution in [0.4, 0.5) is 5.95 Å². The maximum atomic E-state index is 6.00. The number of rotatable bonds is 5. The average molecular weight is 257 g/mol. The first kappa shape index (κ1) is 13.7. The molecule has 0 fully saturated rings. The fraction of sp³-hybridized carbons (Fsp3) is 0.438. The number of nitrogen functional groups attached to an aromatic ring is 1. The van der Waals surface area contributed by atoms with Crippen molar-refractivity contribution in [3.63, 3.8) is 0 Å². The first-order valence-electron chi connectivity index (χ1n) is 7.02. The third-order valence-corrected chi connectivity index (χ3v) is 3.69. The summed E-state index contributed by atoms with van der Waals surface area (Å²) < 4.78 is 2.06. The third kappa shape index (κ3) is 2.98. The Morgan fingerprint density at radius 1 is 1.21 bits per heavy atom. The van der Waals surface area contributed by atoms with Gasteiger partial charge in [-0.25, -0.2) is 4.98 Å². The summed E-state index contributed by atoms with van der Waals surface area (Å²) in [6.07, 6.45) is 5.69. The summed E-state index contributed by atoms with van der Waals surface area (Å²) in [6, 6.07) is 6.31. The minimum absolute atomic E-state index is 0.618. The van der Waals surface area contributed by atoms with Crippen molar-refractivity contribution in [3.05, 3.63) is 35.5 Å². The molecule has 2 aromatic rings. The van der Waals surface area contributed by atoms with Crippen molar-refractivity contribution < 1.29 is 0 Å². The fourth-order valence-electron chi connectivity index (χ4n) is 2.30. The molecule has 0 atom stereocenters. The molecule has 0 radical (unpaired) electrons. The molecule has 0 saturated heterocycles. The van der Waals surface area contributed by atoms with Crippen molar-refractivity contribution in [1.29, 1.82) is 0 Å². The number of nitrogens with two attached hydrogens (primary N) is 1. The summed E-state index contributed by atoms with van der Waals surface area (Å²) in [5.41, 5.74) is 10.7. The molecule has 0 aliphatic rings. The molecular weight excluding hydrogens is 234 g/mol. The third-order valence-electron chi connectivity index (χ3n) is 3.69. The normalized spacial score (nSPS) is 10.9. The molecule has 0 aliphatic carbocycles. The summed E-state index contributed by atoms with van der Waals surface area (Å²) in [5.74, 6) is 0.618. The summed E-state index contributed by atoms with van der Waals surface area (Å²) in [4.78, 5) is 4.50. The minimum atomic E-state index is 0.618. The van der Waals surface area contributed by atoms with E-state index in [1.807, 2.05) is 0 Å². The van der Waals surface area contributed by atoms with Crippen LogP contribution in [0.25, 0.3) is 11.3 Å². The van der Waals surface area contributed by atoms with Crippen LogP contribution in [-0.4, -0.2) is 9.55 Å². The van der Waals surface area contributed by atoms with Crippen LogP contribution in [0.2, 0.25) is 0 Å². The smallest absolute Gasteiger partial charge is 0.200 e. The molecule has 3 nitrogen and oxygen atoms in total. The molecule has 1 aromatic carbocycles. The Morgan fingerprint density at radius 2 is 2.00 bits per heavy atom. The van der Waals surface area contributed by atoms with Gasteiger partial charge in [0.2, 0.25) is 5.95 Å². The molecule has 1 heterocycles. The van der Waals surface area contributed by atoms with E-state index < -0.39 is 0 Å². The highest BCUT2D eigenvalue weighted by Crippen LogP contribution is 2.25. The molecule has 0 amide bonds. The van der Waals surface area contributed by atoms with Crippen LogP contribution in [0.3, 0.4) is 0 Å². The predicted molar refractivity (Wildman–Crippen MR) is 81.1 cm³/mol. The highest BCUT2D eigenvalue weighted by atomic mass is 15.1. The van der Waals surface area contributed by atoms with E-state index in [0.29, 0.717) is 5.95 Å². The van der Waals surface area contributed by atoms with E-state index in [2.05, 4.69) is 54.7 Å². The number of aryl methyl sites for hydroxylation is 2. The van der Waals surface area contributed by atoms with Gasteiger partial charge in [-0.2, -0.15) is 0 Å². The van der Waals surface area contributed by atoms with Gasteiger partial charge in [0, 0.05) is 18.3 Å². The van der Waals surface area contributed by atoms with Crippen LogP contribution >= 0.6 is 0 Å². The molecule has 0 unspecified atom stereocenters. The van der Waals surface area contributed by atoms with Crippen LogP contribution in [0.15, 0.2) is 24.4 Å². The molecule has 0 spiro atoms. The molecule has 0 aliphatic heterocycles. The fourth-order valence-corrected chi connectivity index (χ4v) is 2.30. The lowest BCUT2D eigenvalue weighted by atomic mass is 10.0. The second-order valence-electron chi connectivity index (χ2n) is 5.13. The van der Waals surface area contributed by atoms with Gasteiger partial charge >= 0.3 is 0 Å². The summed E-state index contributed by atoms with van der Waals surface area (Å²) in [5, 5.41) is 0. The molecular formula is C16H23N3. The van der Waals surface area contributed by atoms with Gasteiger partial charge in [-0.05, 0) is 31.4 Å². The SMILES string of the molecule is CCCCCn1cc(-c2cccc(C)c2C)nc1N. The second kappa shape index (κ2) is 5.91. The number of hydrogen-bond donors (Lipinski definition) is 1. The van der Waals surface area contributed by atoms with Gasteiger partial charge in [0.1, 0.15) is 0 Å². The number of unbranched alkanes of at least 4 members (excludes halogenated alkanes) is 2. The molecule has 102 valence electrons. The van der Waals surface area contributed by atoms with Gasteiger partial charge < -0.3 is 10.3 Å². The molecule has 3 heteroatoms. The number of aromatic nitrogens is 2. The van der Waals surface area contributed by atoms with Gasteiger partial charge in [0.15, 0.2) is 0 Å². The Kier molecular flexibility index (Phi) is 4.25. The minimum Gasteiger partial charge on any atom is -0.369 e. The largest absolute Gasteiger partial charge is 0.369 e. The highest BCUT2D eigenvalue weighted by Gasteiger charge is 2.09. The standard InChI is InChI=1S/C16H23N3/c1-4-5-6-10-19-11-15(18-16(19)17)14-9-7-8-12(2)13(14)3/h7-9,11H,4-6,10H2,1-3H3,(H2,17,18). The summed E-state index contributed by atoms with van der Waals surface area (Å²) in [7, 11) is 0. The first-order valence-corrected chi connectivity index (χ1v) is 7.02. The topological polar surface area (TPSA) is 43.8 Å². The summed E-state index contributed by atoms with van der Waals surface area (Å²) in [6.45, 7) is 7.42. The van der Waals surface area contributed by atoms with E-state index >= 15 is 0 Å². The Morgan fingerprint density at radius 3 is 2.74 bits per heavy atom. The number of nitrogens with zero attached hydrogens (tertiary/aromatic N) is 2. The van der Waals surface area contributed by atoms with Crippen molar-refractivity contribution >= 4 is 5.95 Å². The van der Waals surface area contributed by atoms with Crippen LogP contribution in [0.1, 0.15) is 37.3 Å². The van der Waals surface area contributed by atoms with Gasteiger partial charge in [0.25, 0.3) is 0 Å². The maximum absolute atomic E-state index is 6.00. The van der Waals surface area contributed by atoms with Crippen molar-refractivity contribution in [2.24, 2.45) is 0 Å². The van der Waals surface area contributed by atoms with Gasteiger partial charge in [-0.1, -0.05) is 38.0 Å². The van der Waals surface area contributed by atoms with Crippen LogP contribution < -0.4 is 5.73 Å². The first-order chi connectivity index (χ1) is 9.13. The lowest BCUT2D eigenvalue weighted by Gasteiger charge is -2.05. The van der Waals surface area contributed by atoms with Gasteiger partial charge in [-0.15, -0.1) is 0 Å². The second-order valence-corrected chi connectivity index (χ2v) is 5.13. The lowest BCUT2D eigenvalue weighted by molar-refractivity contribution is 0.608. The van der Waals surface area contributed by atoms with Crippen molar-refractivity contribution in [2.45, 2.75) is 46.6 Å². The number of imidazole rings is 1. The molecule has 0 bridgehead atoms. The Bertz CT molecular complexity index is 555. The zero-order chi connectivity index (χ0) is 13.8. The summed E-state index contributed by atoms with van der Waals surface area (Å²) >= 11 is 0. The number of benzene rings is 1. The molecule has 19 heavy (non-hydrogen) atoms. The van der Waals surface area contributed by atoms with E-state index in [-0.39, 0.29) is 0 Å². The molecule has 1 aromatic heterocycles. The number of anilines is 1. The Labute approximate surface area is 115 Å². The lowest BCUT2D eigenvalue weighted by Crippen LogP contribution is -2.02. The zero-order valence-electron chi connectivity index (χ0n) is 12.1. The molecule has 2 N–H and O–H groups in total. The van der Waals surface area contributed by atoms with Crippen LogP contribution in [0, 0.1) is 13.8 Å². The predicted octanol–water partition coefficient (Wildman–Crippen LogP) is 3.94. The molecule has 0 saturated carbocycles.